The van der Waals surface area contributed by atoms with E-state index < -0.39 is 12.8 Å². The summed E-state index contributed by atoms with van der Waals surface area (Å²) in [4.78, 5) is 4.13. The third kappa shape index (κ3) is 4.38. The number of nitrogens with one attached hydrogen (secondary N) is 1. The van der Waals surface area contributed by atoms with Gasteiger partial charge in [-0.2, -0.15) is 13.2 Å². The first kappa shape index (κ1) is 15.7. The van der Waals surface area contributed by atoms with Gasteiger partial charge < -0.3 is 4.74 Å². The lowest BCUT2D eigenvalue weighted by molar-refractivity contribution is -0.174. The van der Waals surface area contributed by atoms with Gasteiger partial charge in [-0.1, -0.05) is 24.3 Å². The first-order valence-corrected chi connectivity index (χ1v) is 6.44. The summed E-state index contributed by atoms with van der Waals surface area (Å²) in [5.41, 5.74) is 3.45. The number of hydrogen-bond acceptors (Lipinski definition) is 4. The Morgan fingerprint density at radius 1 is 1.24 bits per heavy atom. The minimum atomic E-state index is -4.31. The van der Waals surface area contributed by atoms with Crippen molar-refractivity contribution in [2.45, 2.75) is 18.6 Å². The highest BCUT2D eigenvalue weighted by molar-refractivity contribution is 5.85. The SMILES string of the molecule is NNC(CCOCC(F)(F)F)c1cncc2ccccc12. The molecule has 0 fully saturated rings. The lowest BCUT2D eigenvalue weighted by Gasteiger charge is -2.18. The van der Waals surface area contributed by atoms with Crippen LogP contribution < -0.4 is 11.3 Å². The Balaban J connectivity index is 2.06. The molecule has 0 radical (unpaired) electrons. The quantitative estimate of drug-likeness (QED) is 0.489. The van der Waals surface area contributed by atoms with Gasteiger partial charge in [-0.25, -0.2) is 0 Å². The number of pyridine rings is 1. The normalized spacial score (nSPS) is 13.5. The fourth-order valence-electron chi connectivity index (χ4n) is 2.14. The van der Waals surface area contributed by atoms with Crippen LogP contribution in [0, 0.1) is 0 Å². The van der Waals surface area contributed by atoms with Crippen LogP contribution in [0.25, 0.3) is 10.8 Å². The van der Waals surface area contributed by atoms with E-state index in [1.807, 2.05) is 24.3 Å². The number of nitrogens with two attached hydrogens (primary N) is 1. The Morgan fingerprint density at radius 3 is 2.71 bits per heavy atom. The van der Waals surface area contributed by atoms with E-state index in [0.717, 1.165) is 16.3 Å². The van der Waals surface area contributed by atoms with Gasteiger partial charge in [0.15, 0.2) is 0 Å². The molecule has 0 bridgehead atoms. The molecule has 1 aromatic heterocycles. The van der Waals surface area contributed by atoms with Gasteiger partial charge in [-0.15, -0.1) is 0 Å². The molecule has 21 heavy (non-hydrogen) atoms. The Morgan fingerprint density at radius 2 is 2.00 bits per heavy atom. The van der Waals surface area contributed by atoms with Gasteiger partial charge in [-0.05, 0) is 17.4 Å². The van der Waals surface area contributed by atoms with Gasteiger partial charge in [0.1, 0.15) is 6.61 Å². The number of rotatable bonds is 6. The largest absolute Gasteiger partial charge is 0.411 e. The maximum absolute atomic E-state index is 12.0. The van der Waals surface area contributed by atoms with Gasteiger partial charge in [0.05, 0.1) is 6.04 Å². The highest BCUT2D eigenvalue weighted by Gasteiger charge is 2.27. The molecule has 0 aliphatic heterocycles. The molecule has 2 aromatic rings. The summed E-state index contributed by atoms with van der Waals surface area (Å²) < 4.78 is 40.7. The molecule has 1 aromatic carbocycles. The van der Waals surface area contributed by atoms with Crippen LogP contribution in [0.2, 0.25) is 0 Å². The number of fused-ring (bicyclic) bond motifs is 1. The lowest BCUT2D eigenvalue weighted by Crippen LogP contribution is -2.29. The topological polar surface area (TPSA) is 60.2 Å². The molecule has 0 saturated carbocycles. The molecule has 0 saturated heterocycles. The van der Waals surface area contributed by atoms with Gasteiger partial charge in [0, 0.05) is 24.4 Å². The molecule has 1 unspecified atom stereocenters. The average molecular weight is 299 g/mol. The van der Waals surface area contributed by atoms with E-state index in [1.165, 1.54) is 0 Å². The third-order valence-corrected chi connectivity index (χ3v) is 3.09. The molecule has 0 amide bonds. The fraction of sp³-hybridized carbons (Fsp3) is 0.357. The minimum Gasteiger partial charge on any atom is -0.372 e. The first-order chi connectivity index (χ1) is 10.0. The zero-order valence-electron chi connectivity index (χ0n) is 11.2. The molecule has 114 valence electrons. The number of hydrazine groups is 1. The summed E-state index contributed by atoms with van der Waals surface area (Å²) >= 11 is 0. The predicted octanol–water partition coefficient (Wildman–Crippen LogP) is 2.71. The number of hydrogen-bond donors (Lipinski definition) is 2. The van der Waals surface area contributed by atoms with E-state index in [4.69, 9.17) is 5.84 Å². The minimum absolute atomic E-state index is 0.0440. The summed E-state index contributed by atoms with van der Waals surface area (Å²) in [5.74, 6) is 5.51. The second-order valence-electron chi connectivity index (χ2n) is 4.63. The zero-order valence-corrected chi connectivity index (χ0v) is 11.2. The van der Waals surface area contributed by atoms with Crippen molar-refractivity contribution < 1.29 is 17.9 Å². The fourth-order valence-corrected chi connectivity index (χ4v) is 2.14. The maximum atomic E-state index is 12.0. The van der Waals surface area contributed by atoms with Crippen LogP contribution in [-0.2, 0) is 4.74 Å². The second-order valence-corrected chi connectivity index (χ2v) is 4.63. The Bertz CT molecular complexity index is 584. The summed E-state index contributed by atoms with van der Waals surface area (Å²) in [6, 6.07) is 7.30. The lowest BCUT2D eigenvalue weighted by atomic mass is 10.0. The van der Waals surface area contributed by atoms with Crippen LogP contribution in [0.3, 0.4) is 0 Å². The monoisotopic (exact) mass is 299 g/mol. The maximum Gasteiger partial charge on any atom is 0.411 e. The average Bonchev–Trinajstić information content (AvgIpc) is 2.46. The third-order valence-electron chi connectivity index (χ3n) is 3.09. The van der Waals surface area contributed by atoms with Gasteiger partial charge in [0.2, 0.25) is 0 Å². The van der Waals surface area contributed by atoms with Crippen LogP contribution in [0.5, 0.6) is 0 Å². The molecule has 2 rings (SSSR count). The molecule has 0 aliphatic rings. The van der Waals surface area contributed by atoms with Crippen molar-refractivity contribution in [3.63, 3.8) is 0 Å². The van der Waals surface area contributed by atoms with Gasteiger partial charge in [-0.3, -0.25) is 16.3 Å². The van der Waals surface area contributed by atoms with Crippen LogP contribution in [0.1, 0.15) is 18.0 Å². The second kappa shape index (κ2) is 6.84. The molecule has 7 heteroatoms. The molecule has 1 heterocycles. The van der Waals surface area contributed by atoms with Crippen molar-refractivity contribution in [1.29, 1.82) is 0 Å². The Labute approximate surface area is 120 Å². The molecule has 0 spiro atoms. The molecule has 0 aliphatic carbocycles. The number of halogens is 3. The van der Waals surface area contributed by atoms with Crippen molar-refractivity contribution >= 4 is 10.8 Å². The van der Waals surface area contributed by atoms with Crippen LogP contribution in [0.15, 0.2) is 36.7 Å². The van der Waals surface area contributed by atoms with Crippen molar-refractivity contribution in [3.05, 3.63) is 42.2 Å². The summed E-state index contributed by atoms with van der Waals surface area (Å²) in [6.45, 7) is -1.30. The van der Waals surface area contributed by atoms with E-state index in [0.29, 0.717) is 6.42 Å². The molecular weight excluding hydrogens is 283 g/mol. The molecular formula is C14H16F3N3O. The highest BCUT2D eigenvalue weighted by atomic mass is 19.4. The van der Waals surface area contributed by atoms with E-state index in [9.17, 15) is 13.2 Å². The summed E-state index contributed by atoms with van der Waals surface area (Å²) in [7, 11) is 0. The Hall–Kier alpha value is -1.70. The van der Waals surface area contributed by atoms with Crippen LogP contribution in [-0.4, -0.2) is 24.4 Å². The van der Waals surface area contributed by atoms with Crippen LogP contribution >= 0.6 is 0 Å². The van der Waals surface area contributed by atoms with E-state index in [2.05, 4.69) is 15.1 Å². The number of alkyl halides is 3. The number of benzene rings is 1. The standard InChI is InChI=1S/C14H16F3N3O/c15-14(16,17)9-21-6-5-13(20-18)12-8-19-7-10-3-1-2-4-11(10)12/h1-4,7-8,13,20H,5-6,9,18H2. The van der Waals surface area contributed by atoms with E-state index >= 15 is 0 Å². The molecule has 4 nitrogen and oxygen atoms in total. The van der Waals surface area contributed by atoms with Crippen molar-refractivity contribution in [2.24, 2.45) is 5.84 Å². The first-order valence-electron chi connectivity index (χ1n) is 6.44. The van der Waals surface area contributed by atoms with Crippen molar-refractivity contribution in [1.82, 2.24) is 10.4 Å². The van der Waals surface area contributed by atoms with E-state index in [1.54, 1.807) is 12.4 Å². The molecule has 1 atom stereocenters. The van der Waals surface area contributed by atoms with Gasteiger partial charge in [0.25, 0.3) is 0 Å². The Kier molecular flexibility index (Phi) is 5.11. The summed E-state index contributed by atoms with van der Waals surface area (Å²) in [5, 5.41) is 1.91. The summed E-state index contributed by atoms with van der Waals surface area (Å²) in [6.07, 6.45) is -0.599. The van der Waals surface area contributed by atoms with E-state index in [-0.39, 0.29) is 12.6 Å². The number of nitrogens with zero attached hydrogens (tertiary/aromatic N) is 1. The van der Waals surface area contributed by atoms with Crippen molar-refractivity contribution in [2.75, 3.05) is 13.2 Å². The zero-order chi connectivity index (χ0) is 15.3. The number of ether oxygens (including phenoxy) is 1. The van der Waals surface area contributed by atoms with Crippen molar-refractivity contribution in [3.8, 4) is 0 Å². The van der Waals surface area contributed by atoms with Crippen LogP contribution in [0.4, 0.5) is 13.2 Å². The smallest absolute Gasteiger partial charge is 0.372 e. The highest BCUT2D eigenvalue weighted by Crippen LogP contribution is 2.25. The van der Waals surface area contributed by atoms with Gasteiger partial charge >= 0.3 is 6.18 Å². The molecule has 3 N–H and O–H groups in total. The predicted molar refractivity (Wildman–Crippen MR) is 73.3 cm³/mol. The number of aromatic nitrogens is 1.